The summed E-state index contributed by atoms with van der Waals surface area (Å²) in [6, 6.07) is 10.1. The molecule has 1 aromatic heterocycles. The zero-order valence-corrected chi connectivity index (χ0v) is 11.9. The average Bonchev–Trinajstić information content (AvgIpc) is 2.63. The Morgan fingerprint density at radius 1 is 1.17 bits per heavy atom. The largest absolute Gasteiger partial charge is 0.381 e. The van der Waals surface area contributed by atoms with Crippen molar-refractivity contribution in [3.05, 3.63) is 52.3 Å². The van der Waals surface area contributed by atoms with Crippen LogP contribution in [0.25, 0.3) is 0 Å². The molecule has 96 valence electrons. The lowest BCUT2D eigenvalue weighted by Gasteiger charge is -2.08. The molecule has 2 rings (SSSR count). The first kappa shape index (κ1) is 13.0. The minimum absolute atomic E-state index is 0.768. The van der Waals surface area contributed by atoms with Gasteiger partial charge in [0.25, 0.3) is 0 Å². The van der Waals surface area contributed by atoms with E-state index in [-0.39, 0.29) is 0 Å². The summed E-state index contributed by atoms with van der Waals surface area (Å²) >= 11 is 5.87. The van der Waals surface area contributed by atoms with Gasteiger partial charge < -0.3 is 9.88 Å². The Morgan fingerprint density at radius 3 is 2.39 bits per heavy atom. The molecule has 2 nitrogen and oxygen atoms in total. The highest BCUT2D eigenvalue weighted by atomic mass is 35.5. The molecule has 0 aliphatic heterocycles. The highest BCUT2D eigenvalue weighted by molar-refractivity contribution is 6.30. The Hall–Kier alpha value is -1.41. The summed E-state index contributed by atoms with van der Waals surface area (Å²) in [5, 5.41) is 4.19. The Bertz CT molecular complexity index is 526. The highest BCUT2D eigenvalue weighted by Gasteiger charge is 2.07. The van der Waals surface area contributed by atoms with Gasteiger partial charge in [-0.15, -0.1) is 0 Å². The quantitative estimate of drug-likeness (QED) is 0.865. The summed E-state index contributed by atoms with van der Waals surface area (Å²) in [4.78, 5) is 0. The highest BCUT2D eigenvalue weighted by Crippen LogP contribution is 2.18. The van der Waals surface area contributed by atoms with Gasteiger partial charge in [-0.2, -0.15) is 0 Å². The summed E-state index contributed by atoms with van der Waals surface area (Å²) < 4.78 is 2.33. The molecule has 18 heavy (non-hydrogen) atoms. The number of nitrogens with zero attached hydrogens (tertiary/aromatic N) is 1. The van der Waals surface area contributed by atoms with Crippen molar-refractivity contribution in [3.8, 4) is 0 Å². The van der Waals surface area contributed by atoms with Crippen molar-refractivity contribution in [1.82, 2.24) is 4.57 Å². The second-order valence-electron chi connectivity index (χ2n) is 4.50. The normalized spacial score (nSPS) is 10.7. The van der Waals surface area contributed by atoms with Gasteiger partial charge in [-0.05, 0) is 56.7 Å². The lowest BCUT2D eigenvalue weighted by molar-refractivity contribution is 0.715. The van der Waals surface area contributed by atoms with Crippen molar-refractivity contribution in [1.29, 1.82) is 0 Å². The molecule has 0 unspecified atom stereocenters. The Labute approximate surface area is 114 Å². The van der Waals surface area contributed by atoms with E-state index in [0.29, 0.717) is 0 Å². The van der Waals surface area contributed by atoms with Crippen LogP contribution in [0.5, 0.6) is 0 Å². The van der Waals surface area contributed by atoms with E-state index in [9.17, 15) is 0 Å². The van der Waals surface area contributed by atoms with E-state index >= 15 is 0 Å². The maximum atomic E-state index is 5.87. The predicted molar refractivity (Wildman–Crippen MR) is 78.4 cm³/mol. The van der Waals surface area contributed by atoms with Gasteiger partial charge in [0.2, 0.25) is 0 Å². The summed E-state index contributed by atoms with van der Waals surface area (Å²) in [5.74, 6) is 0. The zero-order valence-electron chi connectivity index (χ0n) is 11.1. The minimum atomic E-state index is 0.768. The maximum Gasteiger partial charge on any atom is 0.0418 e. The number of aryl methyl sites for hydroxylation is 1. The molecule has 1 heterocycles. The van der Waals surface area contributed by atoms with Crippen molar-refractivity contribution in [2.75, 3.05) is 5.32 Å². The SMILES string of the molecule is CCn1c(C)cc(CNc2ccc(Cl)cc2)c1C. The van der Waals surface area contributed by atoms with E-state index in [4.69, 9.17) is 11.6 Å². The molecule has 2 aromatic rings. The van der Waals surface area contributed by atoms with Crippen molar-refractivity contribution < 1.29 is 0 Å². The van der Waals surface area contributed by atoms with E-state index in [0.717, 1.165) is 23.8 Å². The van der Waals surface area contributed by atoms with Crippen LogP contribution in [0, 0.1) is 13.8 Å². The van der Waals surface area contributed by atoms with Crippen molar-refractivity contribution in [2.24, 2.45) is 0 Å². The van der Waals surface area contributed by atoms with Crippen LogP contribution in [0.3, 0.4) is 0 Å². The fraction of sp³-hybridized carbons (Fsp3) is 0.333. The van der Waals surface area contributed by atoms with Gasteiger partial charge in [0.1, 0.15) is 0 Å². The lowest BCUT2D eigenvalue weighted by Crippen LogP contribution is -2.03. The average molecular weight is 263 g/mol. The molecular formula is C15H19ClN2. The second-order valence-corrected chi connectivity index (χ2v) is 4.94. The van der Waals surface area contributed by atoms with Crippen LogP contribution in [0.1, 0.15) is 23.9 Å². The van der Waals surface area contributed by atoms with Gasteiger partial charge in [0.05, 0.1) is 0 Å². The van der Waals surface area contributed by atoms with Crippen LogP contribution in [-0.2, 0) is 13.1 Å². The fourth-order valence-corrected chi connectivity index (χ4v) is 2.43. The van der Waals surface area contributed by atoms with Crippen molar-refractivity contribution in [2.45, 2.75) is 33.9 Å². The van der Waals surface area contributed by atoms with Crippen LogP contribution in [0.2, 0.25) is 5.02 Å². The number of rotatable bonds is 4. The molecule has 0 radical (unpaired) electrons. The zero-order chi connectivity index (χ0) is 13.1. The molecule has 0 amide bonds. The van der Waals surface area contributed by atoms with Gasteiger partial charge in [0.15, 0.2) is 0 Å². The van der Waals surface area contributed by atoms with Gasteiger partial charge in [-0.3, -0.25) is 0 Å². The molecule has 1 aromatic carbocycles. The monoisotopic (exact) mass is 262 g/mol. The number of hydrogen-bond acceptors (Lipinski definition) is 1. The molecule has 0 spiro atoms. The van der Waals surface area contributed by atoms with E-state index in [1.165, 1.54) is 17.0 Å². The van der Waals surface area contributed by atoms with Crippen LogP contribution in [0.15, 0.2) is 30.3 Å². The van der Waals surface area contributed by atoms with Crippen LogP contribution in [0.4, 0.5) is 5.69 Å². The fourth-order valence-electron chi connectivity index (χ4n) is 2.30. The Kier molecular flexibility index (Phi) is 3.97. The third kappa shape index (κ3) is 2.70. The predicted octanol–water partition coefficient (Wildman–Crippen LogP) is 4.39. The minimum Gasteiger partial charge on any atom is -0.381 e. The molecule has 1 N–H and O–H groups in total. The molecule has 0 atom stereocenters. The first-order valence-corrected chi connectivity index (χ1v) is 6.64. The van der Waals surface area contributed by atoms with Crippen LogP contribution in [-0.4, -0.2) is 4.57 Å². The lowest BCUT2D eigenvalue weighted by atomic mass is 10.2. The molecule has 0 aliphatic rings. The van der Waals surface area contributed by atoms with Crippen LogP contribution >= 0.6 is 11.6 Å². The van der Waals surface area contributed by atoms with E-state index in [1.807, 2.05) is 24.3 Å². The molecule has 0 aliphatic carbocycles. The van der Waals surface area contributed by atoms with Gasteiger partial charge in [-0.25, -0.2) is 0 Å². The molecule has 0 fully saturated rings. The van der Waals surface area contributed by atoms with Gasteiger partial charge >= 0.3 is 0 Å². The second kappa shape index (κ2) is 5.49. The topological polar surface area (TPSA) is 17.0 Å². The van der Waals surface area contributed by atoms with E-state index in [2.05, 4.69) is 36.7 Å². The number of nitrogens with one attached hydrogen (secondary N) is 1. The molecule has 0 saturated heterocycles. The summed E-state index contributed by atoms with van der Waals surface area (Å²) in [6.45, 7) is 8.38. The summed E-state index contributed by atoms with van der Waals surface area (Å²) in [6.07, 6.45) is 0. The van der Waals surface area contributed by atoms with E-state index in [1.54, 1.807) is 0 Å². The molecular weight excluding hydrogens is 244 g/mol. The third-order valence-corrected chi connectivity index (χ3v) is 3.57. The number of hydrogen-bond donors (Lipinski definition) is 1. The molecule has 0 saturated carbocycles. The first-order valence-electron chi connectivity index (χ1n) is 6.27. The number of benzene rings is 1. The van der Waals surface area contributed by atoms with Gasteiger partial charge in [-0.1, -0.05) is 11.6 Å². The summed E-state index contributed by atoms with van der Waals surface area (Å²) in [5.41, 5.74) is 5.12. The molecule has 0 bridgehead atoms. The smallest absolute Gasteiger partial charge is 0.0418 e. The Balaban J connectivity index is 2.08. The maximum absolute atomic E-state index is 5.87. The third-order valence-electron chi connectivity index (χ3n) is 3.32. The van der Waals surface area contributed by atoms with Gasteiger partial charge in [0, 0.05) is 35.2 Å². The summed E-state index contributed by atoms with van der Waals surface area (Å²) in [7, 11) is 0. The van der Waals surface area contributed by atoms with E-state index < -0.39 is 0 Å². The molecule has 3 heteroatoms. The standard InChI is InChI=1S/C15H19ClN2/c1-4-18-11(2)9-13(12(18)3)10-17-15-7-5-14(16)6-8-15/h5-9,17H,4,10H2,1-3H3. The number of halogens is 1. The van der Waals surface area contributed by atoms with Crippen LogP contribution < -0.4 is 5.32 Å². The first-order chi connectivity index (χ1) is 8.61. The van der Waals surface area contributed by atoms with Crippen molar-refractivity contribution >= 4 is 17.3 Å². The number of aromatic nitrogens is 1. The van der Waals surface area contributed by atoms with Crippen molar-refractivity contribution in [3.63, 3.8) is 0 Å². The Morgan fingerprint density at radius 2 is 1.83 bits per heavy atom. The number of anilines is 1.